The van der Waals surface area contributed by atoms with E-state index in [4.69, 9.17) is 0 Å². The smallest absolute Gasteiger partial charge is 0.255 e. The van der Waals surface area contributed by atoms with Crippen molar-refractivity contribution in [2.75, 3.05) is 23.7 Å². The maximum absolute atomic E-state index is 12.6. The second-order valence-electron chi connectivity index (χ2n) is 5.83. The molecule has 8 heteroatoms. The average Bonchev–Trinajstić information content (AvgIpc) is 2.64. The van der Waals surface area contributed by atoms with Crippen molar-refractivity contribution in [3.05, 3.63) is 54.1 Å². The lowest BCUT2D eigenvalue weighted by atomic mass is 10.2. The van der Waals surface area contributed by atoms with Crippen LogP contribution in [0.15, 0.2) is 53.4 Å². The van der Waals surface area contributed by atoms with Gasteiger partial charge in [0, 0.05) is 37.0 Å². The van der Waals surface area contributed by atoms with Crippen LogP contribution in [-0.2, 0) is 14.8 Å². The Balaban J connectivity index is 2.19. The van der Waals surface area contributed by atoms with Crippen molar-refractivity contribution in [1.82, 2.24) is 4.31 Å². The molecule has 2 amide bonds. The number of nitrogens with zero attached hydrogens (tertiary/aromatic N) is 1. The third kappa shape index (κ3) is 5.15. The van der Waals surface area contributed by atoms with E-state index in [9.17, 15) is 18.0 Å². The number of hydrogen-bond acceptors (Lipinski definition) is 4. The van der Waals surface area contributed by atoms with Gasteiger partial charge < -0.3 is 10.6 Å². The summed E-state index contributed by atoms with van der Waals surface area (Å²) in [6.45, 7) is 5.66. The SMILES string of the molecule is CCN(CC)S(=O)(=O)c1cccc(C(=O)Nc2ccc(NC(C)=O)cc2)c1. The number of carbonyl (C=O) groups is 2. The minimum Gasteiger partial charge on any atom is -0.326 e. The first-order chi connectivity index (χ1) is 12.8. The minimum absolute atomic E-state index is 0.0832. The Morgan fingerprint density at radius 1 is 0.926 bits per heavy atom. The van der Waals surface area contributed by atoms with E-state index < -0.39 is 15.9 Å². The van der Waals surface area contributed by atoms with E-state index in [2.05, 4.69) is 10.6 Å². The first-order valence-electron chi connectivity index (χ1n) is 8.57. The molecule has 0 fully saturated rings. The van der Waals surface area contributed by atoms with E-state index in [0.29, 0.717) is 24.5 Å². The molecular weight excluding hydrogens is 366 g/mol. The van der Waals surface area contributed by atoms with Gasteiger partial charge in [-0.3, -0.25) is 9.59 Å². The highest BCUT2D eigenvalue weighted by Gasteiger charge is 2.22. The fraction of sp³-hybridized carbons (Fsp3) is 0.263. The lowest BCUT2D eigenvalue weighted by Crippen LogP contribution is -2.30. The zero-order chi connectivity index (χ0) is 20.0. The van der Waals surface area contributed by atoms with Crippen LogP contribution in [0, 0.1) is 0 Å². The van der Waals surface area contributed by atoms with Crippen molar-refractivity contribution in [3.8, 4) is 0 Å². The maximum Gasteiger partial charge on any atom is 0.255 e. The van der Waals surface area contributed by atoms with Gasteiger partial charge in [-0.1, -0.05) is 19.9 Å². The third-order valence-electron chi connectivity index (χ3n) is 3.90. The number of sulfonamides is 1. The van der Waals surface area contributed by atoms with Gasteiger partial charge in [0.2, 0.25) is 15.9 Å². The lowest BCUT2D eigenvalue weighted by Gasteiger charge is -2.18. The van der Waals surface area contributed by atoms with E-state index in [1.54, 1.807) is 50.2 Å². The molecule has 0 radical (unpaired) electrons. The maximum atomic E-state index is 12.6. The van der Waals surface area contributed by atoms with Crippen molar-refractivity contribution in [2.45, 2.75) is 25.7 Å². The molecule has 0 aromatic heterocycles. The molecule has 2 rings (SSSR count). The van der Waals surface area contributed by atoms with Crippen LogP contribution in [0.3, 0.4) is 0 Å². The number of hydrogen-bond donors (Lipinski definition) is 2. The topological polar surface area (TPSA) is 95.6 Å². The van der Waals surface area contributed by atoms with Gasteiger partial charge in [0.25, 0.3) is 5.91 Å². The average molecular weight is 389 g/mol. The number of benzene rings is 2. The molecule has 0 aliphatic heterocycles. The molecule has 0 aliphatic carbocycles. The highest BCUT2D eigenvalue weighted by molar-refractivity contribution is 7.89. The van der Waals surface area contributed by atoms with Gasteiger partial charge in [0.05, 0.1) is 4.90 Å². The standard InChI is InChI=1S/C19H23N3O4S/c1-4-22(5-2)27(25,26)18-8-6-7-15(13-18)19(24)21-17-11-9-16(10-12-17)20-14(3)23/h6-13H,4-5H2,1-3H3,(H,20,23)(H,21,24). The van der Waals surface area contributed by atoms with E-state index in [0.717, 1.165) is 0 Å². The molecule has 2 aromatic rings. The van der Waals surface area contributed by atoms with Crippen LogP contribution in [0.1, 0.15) is 31.1 Å². The van der Waals surface area contributed by atoms with Gasteiger partial charge in [-0.2, -0.15) is 4.31 Å². The Bertz CT molecular complexity index is 920. The van der Waals surface area contributed by atoms with Gasteiger partial charge in [-0.25, -0.2) is 8.42 Å². The summed E-state index contributed by atoms with van der Waals surface area (Å²) >= 11 is 0. The van der Waals surface area contributed by atoms with Crippen molar-refractivity contribution < 1.29 is 18.0 Å². The first kappa shape index (κ1) is 20.6. The molecular formula is C19H23N3O4S. The Morgan fingerprint density at radius 2 is 1.48 bits per heavy atom. The molecule has 0 heterocycles. The van der Waals surface area contributed by atoms with Crippen molar-refractivity contribution in [2.24, 2.45) is 0 Å². The second kappa shape index (κ2) is 8.79. The zero-order valence-corrected chi connectivity index (χ0v) is 16.3. The number of rotatable bonds is 7. The summed E-state index contributed by atoms with van der Waals surface area (Å²) in [5.41, 5.74) is 1.40. The number of carbonyl (C=O) groups excluding carboxylic acids is 2. The van der Waals surface area contributed by atoms with Gasteiger partial charge in [-0.05, 0) is 42.5 Å². The lowest BCUT2D eigenvalue weighted by molar-refractivity contribution is -0.114. The summed E-state index contributed by atoms with van der Waals surface area (Å²) in [6, 6.07) is 12.6. The van der Waals surface area contributed by atoms with Crippen LogP contribution in [0.4, 0.5) is 11.4 Å². The number of amides is 2. The van der Waals surface area contributed by atoms with Crippen LogP contribution in [0.25, 0.3) is 0 Å². The van der Waals surface area contributed by atoms with E-state index >= 15 is 0 Å². The third-order valence-corrected chi connectivity index (χ3v) is 5.95. The van der Waals surface area contributed by atoms with Crippen molar-refractivity contribution >= 4 is 33.2 Å². The van der Waals surface area contributed by atoms with Gasteiger partial charge in [-0.15, -0.1) is 0 Å². The Kier molecular flexibility index (Phi) is 6.70. The monoisotopic (exact) mass is 389 g/mol. The van der Waals surface area contributed by atoms with Crippen LogP contribution < -0.4 is 10.6 Å². The largest absolute Gasteiger partial charge is 0.326 e. The van der Waals surface area contributed by atoms with Gasteiger partial charge >= 0.3 is 0 Å². The summed E-state index contributed by atoms with van der Waals surface area (Å²) < 4.78 is 26.6. The molecule has 0 atom stereocenters. The summed E-state index contributed by atoms with van der Waals surface area (Å²) in [6.07, 6.45) is 0. The fourth-order valence-electron chi connectivity index (χ4n) is 2.55. The summed E-state index contributed by atoms with van der Waals surface area (Å²) in [7, 11) is -3.63. The van der Waals surface area contributed by atoms with Crippen LogP contribution in [0.2, 0.25) is 0 Å². The molecule has 0 aliphatic rings. The summed E-state index contributed by atoms with van der Waals surface area (Å²) in [4.78, 5) is 23.6. The van der Waals surface area contributed by atoms with Gasteiger partial charge in [0.15, 0.2) is 0 Å². The zero-order valence-electron chi connectivity index (χ0n) is 15.5. The van der Waals surface area contributed by atoms with Crippen LogP contribution in [-0.4, -0.2) is 37.6 Å². The normalized spacial score (nSPS) is 11.3. The van der Waals surface area contributed by atoms with Crippen molar-refractivity contribution in [1.29, 1.82) is 0 Å². The number of anilines is 2. The quantitative estimate of drug-likeness (QED) is 0.761. The predicted molar refractivity (Wildman–Crippen MR) is 105 cm³/mol. The molecule has 144 valence electrons. The van der Waals surface area contributed by atoms with E-state index in [1.165, 1.54) is 23.4 Å². The summed E-state index contributed by atoms with van der Waals surface area (Å²) in [5.74, 6) is -0.600. The van der Waals surface area contributed by atoms with Crippen molar-refractivity contribution in [3.63, 3.8) is 0 Å². The molecule has 0 saturated carbocycles. The Morgan fingerprint density at radius 3 is 2.00 bits per heavy atom. The molecule has 27 heavy (non-hydrogen) atoms. The fourth-order valence-corrected chi connectivity index (χ4v) is 4.06. The molecule has 0 bridgehead atoms. The molecule has 2 aromatic carbocycles. The van der Waals surface area contributed by atoms with Gasteiger partial charge in [0.1, 0.15) is 0 Å². The Hall–Kier alpha value is -2.71. The molecule has 0 saturated heterocycles. The second-order valence-corrected chi connectivity index (χ2v) is 7.77. The minimum atomic E-state index is -3.63. The highest BCUT2D eigenvalue weighted by atomic mass is 32.2. The molecule has 0 spiro atoms. The predicted octanol–water partition coefficient (Wildman–Crippen LogP) is 2.93. The van der Waals surface area contributed by atoms with E-state index in [1.807, 2.05) is 0 Å². The molecule has 0 unspecified atom stereocenters. The number of nitrogens with one attached hydrogen (secondary N) is 2. The van der Waals surface area contributed by atoms with E-state index in [-0.39, 0.29) is 16.4 Å². The molecule has 2 N–H and O–H groups in total. The molecule has 7 nitrogen and oxygen atoms in total. The Labute approximate surface area is 159 Å². The van der Waals surface area contributed by atoms with Crippen LogP contribution in [0.5, 0.6) is 0 Å². The first-order valence-corrected chi connectivity index (χ1v) is 10.0. The highest BCUT2D eigenvalue weighted by Crippen LogP contribution is 2.19. The summed E-state index contributed by atoms with van der Waals surface area (Å²) in [5, 5.41) is 5.35. The van der Waals surface area contributed by atoms with Crippen LogP contribution >= 0.6 is 0 Å².